The highest BCUT2D eigenvalue weighted by Gasteiger charge is 2.15. The van der Waals surface area contributed by atoms with Crippen LogP contribution in [-0.2, 0) is 0 Å². The first-order valence-electron chi connectivity index (χ1n) is 7.05. The van der Waals surface area contributed by atoms with E-state index in [1.54, 1.807) is 0 Å². The van der Waals surface area contributed by atoms with E-state index in [1.165, 1.54) is 32.1 Å². The lowest BCUT2D eigenvalue weighted by atomic mass is 9.96. The van der Waals surface area contributed by atoms with Crippen LogP contribution in [0.1, 0.15) is 32.1 Å². The molecule has 1 aromatic carbocycles. The van der Waals surface area contributed by atoms with Crippen LogP contribution < -0.4 is 5.32 Å². The van der Waals surface area contributed by atoms with Crippen molar-refractivity contribution in [1.29, 1.82) is 0 Å². The molecule has 1 aliphatic rings. The number of hydrogen-bond acceptors (Lipinski definition) is 4. The topological polar surface area (TPSA) is 50.7 Å². The Bertz CT molecular complexity index is 567. The van der Waals surface area contributed by atoms with Crippen molar-refractivity contribution in [3.63, 3.8) is 0 Å². The second-order valence-corrected chi connectivity index (χ2v) is 5.44. The number of nitrogens with zero attached hydrogens (tertiary/aromatic N) is 3. The van der Waals surface area contributed by atoms with E-state index in [1.807, 2.05) is 30.3 Å². The second kappa shape index (κ2) is 6.18. The number of halogens is 1. The van der Waals surface area contributed by atoms with E-state index in [9.17, 15) is 0 Å². The van der Waals surface area contributed by atoms with Gasteiger partial charge in [-0.15, -0.1) is 0 Å². The summed E-state index contributed by atoms with van der Waals surface area (Å²) in [5.41, 5.74) is 0.948. The van der Waals surface area contributed by atoms with Crippen molar-refractivity contribution in [1.82, 2.24) is 15.0 Å². The zero-order chi connectivity index (χ0) is 13.8. The number of hydrogen-bond donors (Lipinski definition) is 1. The largest absolute Gasteiger partial charge is 0.351 e. The van der Waals surface area contributed by atoms with Crippen LogP contribution in [-0.4, -0.2) is 21.0 Å². The molecule has 1 N–H and O–H groups in total. The second-order valence-electron chi connectivity index (χ2n) is 5.10. The minimum absolute atomic E-state index is 0.233. The number of nitrogens with one attached hydrogen (secondary N) is 1. The molecular weight excluding hydrogens is 272 g/mol. The van der Waals surface area contributed by atoms with Crippen LogP contribution in [0.3, 0.4) is 0 Å². The van der Waals surface area contributed by atoms with Crippen LogP contribution in [0.25, 0.3) is 11.4 Å². The van der Waals surface area contributed by atoms with E-state index in [0.717, 1.165) is 5.56 Å². The Balaban J connectivity index is 1.83. The van der Waals surface area contributed by atoms with E-state index in [0.29, 0.717) is 17.8 Å². The van der Waals surface area contributed by atoms with Gasteiger partial charge in [-0.05, 0) is 24.4 Å². The van der Waals surface area contributed by atoms with Gasteiger partial charge in [0.25, 0.3) is 0 Å². The van der Waals surface area contributed by atoms with Gasteiger partial charge in [0.1, 0.15) is 0 Å². The van der Waals surface area contributed by atoms with Crippen molar-refractivity contribution in [2.24, 2.45) is 0 Å². The molecular formula is C15H17ClN4. The third-order valence-electron chi connectivity index (χ3n) is 3.58. The molecule has 0 radical (unpaired) electrons. The van der Waals surface area contributed by atoms with E-state index in [4.69, 9.17) is 11.6 Å². The predicted molar refractivity (Wildman–Crippen MR) is 80.8 cm³/mol. The first kappa shape index (κ1) is 13.3. The molecule has 4 nitrogen and oxygen atoms in total. The molecule has 0 spiro atoms. The molecule has 0 amide bonds. The summed E-state index contributed by atoms with van der Waals surface area (Å²) in [4.78, 5) is 12.9. The zero-order valence-corrected chi connectivity index (χ0v) is 12.0. The van der Waals surface area contributed by atoms with Gasteiger partial charge in [-0.2, -0.15) is 15.0 Å². The fourth-order valence-electron chi connectivity index (χ4n) is 2.56. The summed E-state index contributed by atoms with van der Waals surface area (Å²) in [7, 11) is 0. The number of benzene rings is 1. The molecule has 0 unspecified atom stereocenters. The number of rotatable bonds is 3. The third-order valence-corrected chi connectivity index (χ3v) is 3.75. The summed E-state index contributed by atoms with van der Waals surface area (Å²) in [6.45, 7) is 0. The molecule has 104 valence electrons. The summed E-state index contributed by atoms with van der Waals surface area (Å²) in [6.07, 6.45) is 6.20. The van der Waals surface area contributed by atoms with Gasteiger partial charge >= 0.3 is 0 Å². The van der Waals surface area contributed by atoms with Gasteiger partial charge in [-0.1, -0.05) is 49.6 Å². The van der Waals surface area contributed by atoms with Crippen LogP contribution in [0.2, 0.25) is 5.28 Å². The standard InChI is InChI=1S/C15H17ClN4/c16-14-18-13(11-7-3-1-4-8-11)19-15(20-14)17-12-9-5-2-6-10-12/h1,3-4,7-8,12H,2,5-6,9-10H2,(H,17,18,19,20). The molecule has 3 rings (SSSR count). The Morgan fingerprint density at radius 3 is 2.45 bits per heavy atom. The first-order valence-corrected chi connectivity index (χ1v) is 7.42. The summed E-state index contributed by atoms with van der Waals surface area (Å²) >= 11 is 6.02. The maximum atomic E-state index is 6.02. The lowest BCUT2D eigenvalue weighted by Gasteiger charge is -2.22. The van der Waals surface area contributed by atoms with Crippen LogP contribution in [0, 0.1) is 0 Å². The summed E-state index contributed by atoms with van der Waals surface area (Å²) < 4.78 is 0. The lowest BCUT2D eigenvalue weighted by Crippen LogP contribution is -2.23. The van der Waals surface area contributed by atoms with Gasteiger partial charge in [0, 0.05) is 11.6 Å². The molecule has 0 atom stereocenters. The molecule has 0 bridgehead atoms. The van der Waals surface area contributed by atoms with Crippen molar-refractivity contribution in [2.75, 3.05) is 5.32 Å². The Hall–Kier alpha value is -1.68. The van der Waals surface area contributed by atoms with Crippen LogP contribution in [0.4, 0.5) is 5.95 Å². The summed E-state index contributed by atoms with van der Waals surface area (Å²) in [6, 6.07) is 10.3. The van der Waals surface area contributed by atoms with Gasteiger partial charge in [-0.3, -0.25) is 0 Å². The van der Waals surface area contributed by atoms with Gasteiger partial charge in [0.05, 0.1) is 0 Å². The minimum atomic E-state index is 0.233. The maximum Gasteiger partial charge on any atom is 0.227 e. The molecule has 20 heavy (non-hydrogen) atoms. The molecule has 0 saturated heterocycles. The SMILES string of the molecule is Clc1nc(NC2CCCCC2)nc(-c2ccccc2)n1. The van der Waals surface area contributed by atoms with Crippen molar-refractivity contribution in [3.05, 3.63) is 35.6 Å². The highest BCUT2D eigenvalue weighted by Crippen LogP contribution is 2.22. The third kappa shape index (κ3) is 3.25. The summed E-state index contributed by atoms with van der Waals surface area (Å²) in [5, 5.41) is 3.62. The van der Waals surface area contributed by atoms with Gasteiger partial charge in [-0.25, -0.2) is 0 Å². The molecule has 1 aromatic heterocycles. The molecule has 1 aliphatic carbocycles. The molecule has 0 aliphatic heterocycles. The van der Waals surface area contributed by atoms with Crippen LogP contribution >= 0.6 is 11.6 Å². The van der Waals surface area contributed by atoms with Gasteiger partial charge < -0.3 is 5.32 Å². The van der Waals surface area contributed by atoms with E-state index in [-0.39, 0.29) is 5.28 Å². The zero-order valence-electron chi connectivity index (χ0n) is 11.2. The summed E-state index contributed by atoms with van der Waals surface area (Å²) in [5.74, 6) is 1.19. The van der Waals surface area contributed by atoms with Crippen LogP contribution in [0.15, 0.2) is 30.3 Å². The first-order chi connectivity index (χ1) is 9.81. The quantitative estimate of drug-likeness (QED) is 0.929. The van der Waals surface area contributed by atoms with Gasteiger partial charge in [0.15, 0.2) is 5.82 Å². The van der Waals surface area contributed by atoms with Crippen LogP contribution in [0.5, 0.6) is 0 Å². The Morgan fingerprint density at radius 2 is 1.70 bits per heavy atom. The van der Waals surface area contributed by atoms with Crippen molar-refractivity contribution in [3.8, 4) is 11.4 Å². The minimum Gasteiger partial charge on any atom is -0.351 e. The average Bonchev–Trinajstić information content (AvgIpc) is 2.49. The Labute approximate surface area is 123 Å². The maximum absolute atomic E-state index is 6.02. The van der Waals surface area contributed by atoms with Gasteiger partial charge in [0.2, 0.25) is 11.2 Å². The fourth-order valence-corrected chi connectivity index (χ4v) is 2.72. The monoisotopic (exact) mass is 288 g/mol. The molecule has 2 aromatic rings. The fraction of sp³-hybridized carbons (Fsp3) is 0.400. The van der Waals surface area contributed by atoms with E-state index in [2.05, 4.69) is 20.3 Å². The van der Waals surface area contributed by atoms with E-state index >= 15 is 0 Å². The normalized spacial score (nSPS) is 16.1. The van der Waals surface area contributed by atoms with E-state index < -0.39 is 0 Å². The highest BCUT2D eigenvalue weighted by molar-refractivity contribution is 6.28. The average molecular weight is 289 g/mol. The molecule has 1 saturated carbocycles. The number of aromatic nitrogens is 3. The molecule has 5 heteroatoms. The molecule has 1 heterocycles. The molecule has 1 fully saturated rings. The smallest absolute Gasteiger partial charge is 0.227 e. The van der Waals surface area contributed by atoms with Crippen molar-refractivity contribution < 1.29 is 0 Å². The Morgan fingerprint density at radius 1 is 0.950 bits per heavy atom. The van der Waals surface area contributed by atoms with Crippen molar-refractivity contribution in [2.45, 2.75) is 38.1 Å². The van der Waals surface area contributed by atoms with Crippen molar-refractivity contribution >= 4 is 17.5 Å². The number of anilines is 1. The lowest BCUT2D eigenvalue weighted by molar-refractivity contribution is 0.461. The highest BCUT2D eigenvalue weighted by atomic mass is 35.5. The predicted octanol–water partition coefficient (Wildman–Crippen LogP) is 3.94. The Kier molecular flexibility index (Phi) is 4.11.